The second kappa shape index (κ2) is 5.05. The predicted octanol–water partition coefficient (Wildman–Crippen LogP) is 0.507. The Labute approximate surface area is 60.3 Å². The summed E-state index contributed by atoms with van der Waals surface area (Å²) in [6.07, 6.45) is -0.786. The van der Waals surface area contributed by atoms with Crippen LogP contribution < -0.4 is 5.73 Å². The Kier molecular flexibility index (Phi) is 4.66. The van der Waals surface area contributed by atoms with Gasteiger partial charge in [0.2, 0.25) is 0 Å². The Morgan fingerprint density at radius 3 is 2.60 bits per heavy atom. The molecule has 0 bridgehead atoms. The van der Waals surface area contributed by atoms with E-state index in [1.54, 1.807) is 13.8 Å². The van der Waals surface area contributed by atoms with Gasteiger partial charge >= 0.3 is 6.16 Å². The quantitative estimate of drug-likeness (QED) is 0.591. The van der Waals surface area contributed by atoms with Gasteiger partial charge in [0.15, 0.2) is 0 Å². The minimum Gasteiger partial charge on any atom is -0.433 e. The number of ether oxygens (including phenoxy) is 2. The summed E-state index contributed by atoms with van der Waals surface area (Å²) in [7, 11) is 0. The first-order valence-corrected chi connectivity index (χ1v) is 3.20. The first kappa shape index (κ1) is 9.23. The standard InChI is InChI=1S/C6H13NO3/c1-5(2)10-6(8)9-4-3-7/h5H,3-4,7H2,1-2H3. The van der Waals surface area contributed by atoms with Crippen molar-refractivity contribution in [1.29, 1.82) is 0 Å². The van der Waals surface area contributed by atoms with Gasteiger partial charge < -0.3 is 15.2 Å². The molecule has 0 fully saturated rings. The van der Waals surface area contributed by atoms with Crippen LogP contribution in [-0.2, 0) is 9.47 Å². The molecule has 0 atom stereocenters. The van der Waals surface area contributed by atoms with Gasteiger partial charge in [0.05, 0.1) is 6.10 Å². The minimum absolute atomic E-state index is 0.134. The van der Waals surface area contributed by atoms with E-state index in [0.29, 0.717) is 6.54 Å². The fourth-order valence-corrected chi connectivity index (χ4v) is 0.369. The maximum atomic E-state index is 10.5. The maximum Gasteiger partial charge on any atom is 0.508 e. The zero-order valence-electron chi connectivity index (χ0n) is 6.29. The van der Waals surface area contributed by atoms with Crippen molar-refractivity contribution in [2.24, 2.45) is 5.73 Å². The Morgan fingerprint density at radius 2 is 2.20 bits per heavy atom. The molecule has 0 heterocycles. The summed E-state index contributed by atoms with van der Waals surface area (Å²) in [6, 6.07) is 0. The molecule has 10 heavy (non-hydrogen) atoms. The second-order valence-corrected chi connectivity index (χ2v) is 2.05. The van der Waals surface area contributed by atoms with Crippen molar-refractivity contribution in [3.05, 3.63) is 0 Å². The van der Waals surface area contributed by atoms with Gasteiger partial charge in [-0.05, 0) is 13.8 Å². The van der Waals surface area contributed by atoms with Gasteiger partial charge in [0, 0.05) is 6.54 Å². The Hall–Kier alpha value is -0.770. The van der Waals surface area contributed by atoms with Crippen LogP contribution in [0.5, 0.6) is 0 Å². The lowest BCUT2D eigenvalue weighted by Gasteiger charge is -2.06. The van der Waals surface area contributed by atoms with E-state index in [-0.39, 0.29) is 12.7 Å². The van der Waals surface area contributed by atoms with Crippen LogP contribution in [0.3, 0.4) is 0 Å². The molecule has 0 rings (SSSR count). The normalized spacial score (nSPS) is 9.60. The van der Waals surface area contributed by atoms with Crippen molar-refractivity contribution < 1.29 is 14.3 Å². The van der Waals surface area contributed by atoms with Crippen molar-refractivity contribution in [1.82, 2.24) is 0 Å². The van der Waals surface area contributed by atoms with Crippen LogP contribution in [-0.4, -0.2) is 25.4 Å². The molecule has 0 saturated heterocycles. The summed E-state index contributed by atoms with van der Waals surface area (Å²) in [4.78, 5) is 10.5. The van der Waals surface area contributed by atoms with E-state index in [0.717, 1.165) is 0 Å². The van der Waals surface area contributed by atoms with Crippen molar-refractivity contribution in [2.45, 2.75) is 20.0 Å². The lowest BCUT2D eigenvalue weighted by atomic mass is 10.5. The molecule has 0 aromatic rings. The fourth-order valence-electron chi connectivity index (χ4n) is 0.369. The molecule has 0 spiro atoms. The summed E-state index contributed by atoms with van der Waals surface area (Å²) in [5.41, 5.74) is 5.07. The van der Waals surface area contributed by atoms with E-state index in [4.69, 9.17) is 5.73 Å². The third-order valence-corrected chi connectivity index (χ3v) is 0.670. The molecule has 4 nitrogen and oxygen atoms in total. The molecular formula is C6H13NO3. The molecule has 0 aliphatic heterocycles. The van der Waals surface area contributed by atoms with Gasteiger partial charge in [-0.1, -0.05) is 0 Å². The van der Waals surface area contributed by atoms with E-state index < -0.39 is 6.16 Å². The molecule has 0 aromatic carbocycles. The topological polar surface area (TPSA) is 61.5 Å². The molecule has 0 radical (unpaired) electrons. The first-order chi connectivity index (χ1) is 4.66. The number of nitrogens with two attached hydrogens (primary N) is 1. The zero-order valence-corrected chi connectivity index (χ0v) is 6.29. The number of hydrogen-bond acceptors (Lipinski definition) is 4. The molecular weight excluding hydrogens is 134 g/mol. The second-order valence-electron chi connectivity index (χ2n) is 2.05. The van der Waals surface area contributed by atoms with Gasteiger partial charge in [-0.2, -0.15) is 0 Å². The van der Waals surface area contributed by atoms with Crippen LogP contribution in [0, 0.1) is 0 Å². The minimum atomic E-state index is -0.652. The van der Waals surface area contributed by atoms with E-state index in [9.17, 15) is 4.79 Å². The molecule has 0 aliphatic rings. The maximum absolute atomic E-state index is 10.5. The summed E-state index contributed by atoms with van der Waals surface area (Å²) in [5.74, 6) is 0. The average Bonchev–Trinajstić information content (AvgIpc) is 1.82. The Balaban J connectivity index is 3.26. The number of carbonyl (C=O) groups is 1. The molecule has 0 saturated carbocycles. The lowest BCUT2D eigenvalue weighted by molar-refractivity contribution is 0.0364. The largest absolute Gasteiger partial charge is 0.508 e. The highest BCUT2D eigenvalue weighted by atomic mass is 16.7. The summed E-state index contributed by atoms with van der Waals surface area (Å²) >= 11 is 0. The highest BCUT2D eigenvalue weighted by molar-refractivity contribution is 5.59. The molecule has 0 amide bonds. The smallest absolute Gasteiger partial charge is 0.433 e. The monoisotopic (exact) mass is 147 g/mol. The zero-order chi connectivity index (χ0) is 7.98. The van der Waals surface area contributed by atoms with Crippen molar-refractivity contribution in [2.75, 3.05) is 13.2 Å². The van der Waals surface area contributed by atoms with E-state index in [1.165, 1.54) is 0 Å². The van der Waals surface area contributed by atoms with Crippen molar-refractivity contribution >= 4 is 6.16 Å². The van der Waals surface area contributed by atoms with Gasteiger partial charge in [0.1, 0.15) is 6.61 Å². The van der Waals surface area contributed by atoms with Gasteiger partial charge in [-0.3, -0.25) is 0 Å². The highest BCUT2D eigenvalue weighted by Crippen LogP contribution is 1.91. The molecule has 0 aromatic heterocycles. The van der Waals surface area contributed by atoms with E-state index in [1.807, 2.05) is 0 Å². The first-order valence-electron chi connectivity index (χ1n) is 3.20. The van der Waals surface area contributed by atoms with Crippen LogP contribution in [0.25, 0.3) is 0 Å². The predicted molar refractivity (Wildman–Crippen MR) is 36.6 cm³/mol. The number of rotatable bonds is 3. The Bertz CT molecular complexity index is 103. The van der Waals surface area contributed by atoms with Crippen molar-refractivity contribution in [3.8, 4) is 0 Å². The highest BCUT2D eigenvalue weighted by Gasteiger charge is 2.03. The number of hydrogen-bond donors (Lipinski definition) is 1. The summed E-state index contributed by atoms with van der Waals surface area (Å²) in [6.45, 7) is 4.05. The lowest BCUT2D eigenvalue weighted by Crippen LogP contribution is -2.17. The molecule has 60 valence electrons. The molecule has 0 aliphatic carbocycles. The van der Waals surface area contributed by atoms with Crippen LogP contribution in [0.2, 0.25) is 0 Å². The average molecular weight is 147 g/mol. The van der Waals surface area contributed by atoms with Gasteiger partial charge in [-0.15, -0.1) is 0 Å². The summed E-state index contributed by atoms with van der Waals surface area (Å²) < 4.78 is 9.15. The van der Waals surface area contributed by atoms with Gasteiger partial charge in [-0.25, -0.2) is 4.79 Å². The molecule has 0 unspecified atom stereocenters. The Morgan fingerprint density at radius 1 is 1.60 bits per heavy atom. The van der Waals surface area contributed by atoms with Crippen LogP contribution in [0.4, 0.5) is 4.79 Å². The van der Waals surface area contributed by atoms with E-state index in [2.05, 4.69) is 9.47 Å². The van der Waals surface area contributed by atoms with Gasteiger partial charge in [0.25, 0.3) is 0 Å². The van der Waals surface area contributed by atoms with E-state index >= 15 is 0 Å². The van der Waals surface area contributed by atoms with Crippen LogP contribution >= 0.6 is 0 Å². The third kappa shape index (κ3) is 5.37. The third-order valence-electron chi connectivity index (χ3n) is 0.670. The number of carbonyl (C=O) groups excluding carboxylic acids is 1. The molecule has 4 heteroatoms. The van der Waals surface area contributed by atoms with Crippen LogP contribution in [0.15, 0.2) is 0 Å². The van der Waals surface area contributed by atoms with Crippen molar-refractivity contribution in [3.63, 3.8) is 0 Å². The van der Waals surface area contributed by atoms with Crippen LogP contribution in [0.1, 0.15) is 13.8 Å². The SMILES string of the molecule is CC(C)OC(=O)OCCN. The fraction of sp³-hybridized carbons (Fsp3) is 0.833. The molecule has 2 N–H and O–H groups in total. The summed E-state index contributed by atoms with van der Waals surface area (Å²) in [5, 5.41) is 0.